The van der Waals surface area contributed by atoms with Crippen molar-refractivity contribution in [2.24, 2.45) is 0 Å². The monoisotopic (exact) mass is 397 g/mol. The Balaban J connectivity index is 1.67. The average molecular weight is 397 g/mol. The minimum atomic E-state index is -0.494. The SMILES string of the molecule is COc1ccc([N+](=O)[O-])cc1NC(=O)CN(Cc1ccc(C(C)C)cc1)C1CC1. The van der Waals surface area contributed by atoms with Crippen molar-refractivity contribution in [1.29, 1.82) is 0 Å². The van der Waals surface area contributed by atoms with Gasteiger partial charge in [0.1, 0.15) is 5.75 Å². The summed E-state index contributed by atoms with van der Waals surface area (Å²) in [6.07, 6.45) is 2.16. The van der Waals surface area contributed by atoms with Gasteiger partial charge in [0.15, 0.2) is 0 Å². The minimum absolute atomic E-state index is 0.0922. The van der Waals surface area contributed by atoms with Gasteiger partial charge in [-0.2, -0.15) is 0 Å². The zero-order chi connectivity index (χ0) is 21.0. The Labute approximate surface area is 170 Å². The molecular weight excluding hydrogens is 370 g/mol. The van der Waals surface area contributed by atoms with Crippen LogP contribution in [0.5, 0.6) is 5.75 Å². The lowest BCUT2D eigenvalue weighted by Gasteiger charge is -2.22. The van der Waals surface area contributed by atoms with Gasteiger partial charge in [0.25, 0.3) is 5.69 Å². The molecule has 0 saturated heterocycles. The first-order chi connectivity index (χ1) is 13.9. The van der Waals surface area contributed by atoms with Gasteiger partial charge < -0.3 is 10.1 Å². The molecule has 1 aliphatic rings. The number of nitrogens with zero attached hydrogens (tertiary/aromatic N) is 2. The molecule has 29 heavy (non-hydrogen) atoms. The fourth-order valence-corrected chi connectivity index (χ4v) is 3.28. The van der Waals surface area contributed by atoms with E-state index in [-0.39, 0.29) is 18.1 Å². The summed E-state index contributed by atoms with van der Waals surface area (Å²) in [7, 11) is 1.47. The van der Waals surface area contributed by atoms with Gasteiger partial charge >= 0.3 is 0 Å². The number of amides is 1. The van der Waals surface area contributed by atoms with E-state index in [1.807, 2.05) is 0 Å². The van der Waals surface area contributed by atoms with Crippen LogP contribution < -0.4 is 10.1 Å². The van der Waals surface area contributed by atoms with Gasteiger partial charge in [-0.25, -0.2) is 0 Å². The topological polar surface area (TPSA) is 84.7 Å². The van der Waals surface area contributed by atoms with Crippen molar-refractivity contribution in [1.82, 2.24) is 4.90 Å². The Morgan fingerprint density at radius 3 is 2.48 bits per heavy atom. The zero-order valence-corrected chi connectivity index (χ0v) is 17.1. The van der Waals surface area contributed by atoms with Crippen molar-refractivity contribution in [2.45, 2.75) is 45.2 Å². The number of methoxy groups -OCH3 is 1. The lowest BCUT2D eigenvalue weighted by molar-refractivity contribution is -0.384. The molecule has 0 aromatic heterocycles. The maximum absolute atomic E-state index is 12.7. The van der Waals surface area contributed by atoms with Crippen LogP contribution >= 0.6 is 0 Å². The smallest absolute Gasteiger partial charge is 0.271 e. The summed E-state index contributed by atoms with van der Waals surface area (Å²) in [5, 5.41) is 13.8. The minimum Gasteiger partial charge on any atom is -0.495 e. The molecule has 0 spiro atoms. The average Bonchev–Trinajstić information content (AvgIpc) is 3.53. The van der Waals surface area contributed by atoms with Crippen molar-refractivity contribution >= 4 is 17.3 Å². The Kier molecular flexibility index (Phi) is 6.49. The first-order valence-electron chi connectivity index (χ1n) is 9.82. The molecule has 7 nitrogen and oxygen atoms in total. The first kappa shape index (κ1) is 20.8. The summed E-state index contributed by atoms with van der Waals surface area (Å²) in [5.41, 5.74) is 2.68. The van der Waals surface area contributed by atoms with Crippen molar-refractivity contribution in [2.75, 3.05) is 19.0 Å². The molecule has 1 N–H and O–H groups in total. The molecule has 0 aliphatic heterocycles. The molecule has 1 saturated carbocycles. The molecule has 154 valence electrons. The Morgan fingerprint density at radius 2 is 1.93 bits per heavy atom. The van der Waals surface area contributed by atoms with E-state index in [9.17, 15) is 14.9 Å². The third kappa shape index (κ3) is 5.54. The number of non-ortho nitro benzene ring substituents is 1. The summed E-state index contributed by atoms with van der Waals surface area (Å²) >= 11 is 0. The standard InChI is InChI=1S/C22H27N3O4/c1-15(2)17-6-4-16(5-7-17)13-24(18-8-9-18)14-22(26)23-20-12-19(25(27)28)10-11-21(20)29-3/h4-7,10-12,15,18H,8-9,13-14H2,1-3H3,(H,23,26). The van der Waals surface area contributed by atoms with E-state index in [1.165, 1.54) is 36.4 Å². The third-order valence-electron chi connectivity index (χ3n) is 5.11. The van der Waals surface area contributed by atoms with Crippen LogP contribution in [0, 0.1) is 10.1 Å². The highest BCUT2D eigenvalue weighted by Crippen LogP contribution is 2.30. The second-order valence-corrected chi connectivity index (χ2v) is 7.72. The van der Waals surface area contributed by atoms with Crippen LogP contribution in [0.1, 0.15) is 43.7 Å². The predicted octanol–water partition coefficient (Wildman–Crippen LogP) is 4.33. The molecule has 1 aliphatic carbocycles. The third-order valence-corrected chi connectivity index (χ3v) is 5.11. The van der Waals surface area contributed by atoms with Gasteiger partial charge in [-0.05, 0) is 36.0 Å². The van der Waals surface area contributed by atoms with E-state index in [0.717, 1.165) is 12.8 Å². The van der Waals surface area contributed by atoms with Crippen LogP contribution in [0.25, 0.3) is 0 Å². The number of anilines is 1. The number of nitrogens with one attached hydrogen (secondary N) is 1. The van der Waals surface area contributed by atoms with Gasteiger partial charge in [-0.3, -0.25) is 19.8 Å². The quantitative estimate of drug-likeness (QED) is 0.503. The lowest BCUT2D eigenvalue weighted by atomic mass is 10.0. The fourth-order valence-electron chi connectivity index (χ4n) is 3.28. The van der Waals surface area contributed by atoms with E-state index in [4.69, 9.17) is 4.74 Å². The number of rotatable bonds is 9. The normalized spacial score (nSPS) is 13.6. The fraction of sp³-hybridized carbons (Fsp3) is 0.409. The van der Waals surface area contributed by atoms with E-state index in [0.29, 0.717) is 29.9 Å². The largest absolute Gasteiger partial charge is 0.495 e. The van der Waals surface area contributed by atoms with Crippen molar-refractivity contribution in [3.63, 3.8) is 0 Å². The second-order valence-electron chi connectivity index (χ2n) is 7.72. The first-order valence-corrected chi connectivity index (χ1v) is 9.82. The molecule has 1 fully saturated rings. The molecule has 0 unspecified atom stereocenters. The van der Waals surface area contributed by atoms with Crippen molar-refractivity contribution in [3.8, 4) is 5.75 Å². The summed E-state index contributed by atoms with van der Waals surface area (Å²) in [5.74, 6) is 0.667. The van der Waals surface area contributed by atoms with Gasteiger partial charge in [0.05, 0.1) is 24.3 Å². The van der Waals surface area contributed by atoms with Crippen molar-refractivity contribution < 1.29 is 14.5 Å². The number of ether oxygens (including phenoxy) is 1. The molecule has 0 bridgehead atoms. The van der Waals surface area contributed by atoms with E-state index >= 15 is 0 Å². The maximum atomic E-state index is 12.7. The summed E-state index contributed by atoms with van der Waals surface area (Å²) in [6.45, 7) is 5.25. The molecular formula is C22H27N3O4. The molecule has 3 rings (SSSR count). The summed E-state index contributed by atoms with van der Waals surface area (Å²) < 4.78 is 5.22. The molecule has 0 heterocycles. The van der Waals surface area contributed by atoms with Crippen LogP contribution in [-0.4, -0.2) is 35.4 Å². The molecule has 0 atom stereocenters. The number of carbonyl (C=O) groups excluding carboxylic acids is 1. The molecule has 0 radical (unpaired) electrons. The second kappa shape index (κ2) is 9.05. The van der Waals surface area contributed by atoms with Gasteiger partial charge in [0.2, 0.25) is 5.91 Å². The lowest BCUT2D eigenvalue weighted by Crippen LogP contribution is -2.34. The highest BCUT2D eigenvalue weighted by atomic mass is 16.6. The number of benzene rings is 2. The van der Waals surface area contributed by atoms with E-state index < -0.39 is 4.92 Å². The van der Waals surface area contributed by atoms with Gasteiger partial charge in [-0.15, -0.1) is 0 Å². The number of carbonyl (C=O) groups is 1. The molecule has 7 heteroatoms. The summed E-state index contributed by atoms with van der Waals surface area (Å²) in [6, 6.07) is 13.1. The Morgan fingerprint density at radius 1 is 1.24 bits per heavy atom. The van der Waals surface area contributed by atoms with Crippen molar-refractivity contribution in [3.05, 3.63) is 63.7 Å². The maximum Gasteiger partial charge on any atom is 0.271 e. The van der Waals surface area contributed by atoms with Crippen LogP contribution in [0.3, 0.4) is 0 Å². The van der Waals surface area contributed by atoms with Crippen LogP contribution in [0.4, 0.5) is 11.4 Å². The zero-order valence-electron chi connectivity index (χ0n) is 17.1. The molecule has 2 aromatic rings. The van der Waals surface area contributed by atoms with E-state index in [2.05, 4.69) is 48.3 Å². The van der Waals surface area contributed by atoms with Gasteiger partial charge in [-0.1, -0.05) is 38.1 Å². The highest BCUT2D eigenvalue weighted by molar-refractivity contribution is 5.94. The van der Waals surface area contributed by atoms with Gasteiger partial charge in [0, 0.05) is 24.7 Å². The summed E-state index contributed by atoms with van der Waals surface area (Å²) in [4.78, 5) is 25.3. The van der Waals surface area contributed by atoms with E-state index in [1.54, 1.807) is 0 Å². The Bertz CT molecular complexity index is 876. The Hall–Kier alpha value is -2.93. The van der Waals surface area contributed by atoms with Crippen LogP contribution in [0.15, 0.2) is 42.5 Å². The molecule has 2 aromatic carbocycles. The van der Waals surface area contributed by atoms with Crippen LogP contribution in [0.2, 0.25) is 0 Å². The molecule has 1 amide bonds. The predicted molar refractivity (Wildman–Crippen MR) is 112 cm³/mol. The highest BCUT2D eigenvalue weighted by Gasteiger charge is 2.30. The van der Waals surface area contributed by atoms with Crippen LogP contribution in [-0.2, 0) is 11.3 Å². The number of nitro groups is 1. The number of hydrogen-bond acceptors (Lipinski definition) is 5. The number of hydrogen-bond donors (Lipinski definition) is 1. The number of nitro benzene ring substituents is 1.